The van der Waals surface area contributed by atoms with Crippen LogP contribution >= 0.6 is 15.9 Å². The van der Waals surface area contributed by atoms with Crippen molar-refractivity contribution in [1.82, 2.24) is 0 Å². The van der Waals surface area contributed by atoms with Gasteiger partial charge >= 0.3 is 0 Å². The number of nitrogens with zero attached hydrogens (tertiary/aromatic N) is 2. The molecule has 2 rings (SSSR count). The van der Waals surface area contributed by atoms with Crippen LogP contribution in [0.5, 0.6) is 0 Å². The number of nitrogens with two attached hydrogens (primary N) is 1. The van der Waals surface area contributed by atoms with Crippen LogP contribution in [0.15, 0.2) is 40.9 Å². The van der Waals surface area contributed by atoms with Gasteiger partial charge in [-0.15, -0.1) is 0 Å². The van der Waals surface area contributed by atoms with Crippen LogP contribution in [-0.4, -0.2) is 0 Å². The molecule has 0 fully saturated rings. The molecule has 4 nitrogen and oxygen atoms in total. The molecule has 0 saturated heterocycles. The van der Waals surface area contributed by atoms with E-state index in [1.165, 1.54) is 0 Å². The summed E-state index contributed by atoms with van der Waals surface area (Å²) in [6, 6.07) is 14.6. The molecule has 0 spiro atoms. The average molecular weight is 313 g/mol. The molecule has 0 bridgehead atoms. The van der Waals surface area contributed by atoms with Gasteiger partial charge < -0.3 is 11.1 Å². The van der Waals surface area contributed by atoms with Crippen molar-refractivity contribution >= 4 is 33.0 Å². The fourth-order valence-corrected chi connectivity index (χ4v) is 1.98. The minimum absolute atomic E-state index is 0.406. The van der Waals surface area contributed by atoms with Gasteiger partial charge in [-0.05, 0) is 36.4 Å². The predicted molar refractivity (Wildman–Crippen MR) is 77.7 cm³/mol. The van der Waals surface area contributed by atoms with Gasteiger partial charge in [-0.1, -0.05) is 15.9 Å². The largest absolute Gasteiger partial charge is 0.398 e. The lowest BCUT2D eigenvalue weighted by atomic mass is 10.1. The third kappa shape index (κ3) is 2.85. The van der Waals surface area contributed by atoms with E-state index < -0.39 is 0 Å². The summed E-state index contributed by atoms with van der Waals surface area (Å²) in [5.41, 5.74) is 8.53. The van der Waals surface area contributed by atoms with Crippen LogP contribution in [0.1, 0.15) is 11.1 Å². The van der Waals surface area contributed by atoms with E-state index >= 15 is 0 Å². The van der Waals surface area contributed by atoms with Crippen LogP contribution in [0.25, 0.3) is 0 Å². The van der Waals surface area contributed by atoms with Crippen LogP contribution in [0.3, 0.4) is 0 Å². The Balaban J connectivity index is 2.35. The number of hydrogen-bond acceptors (Lipinski definition) is 4. The second kappa shape index (κ2) is 5.43. The van der Waals surface area contributed by atoms with E-state index in [9.17, 15) is 0 Å². The lowest BCUT2D eigenvalue weighted by Gasteiger charge is -2.09. The molecule has 0 aliphatic heterocycles. The number of halogens is 1. The minimum atomic E-state index is 0.406. The molecule has 0 aliphatic carbocycles. The van der Waals surface area contributed by atoms with Crippen molar-refractivity contribution in [3.05, 3.63) is 52.0 Å². The normalized spacial score (nSPS) is 9.42. The van der Waals surface area contributed by atoms with Gasteiger partial charge in [0.2, 0.25) is 0 Å². The van der Waals surface area contributed by atoms with Gasteiger partial charge in [-0.2, -0.15) is 10.5 Å². The van der Waals surface area contributed by atoms with Crippen molar-refractivity contribution in [2.24, 2.45) is 0 Å². The summed E-state index contributed by atoms with van der Waals surface area (Å²) in [5, 5.41) is 21.0. The van der Waals surface area contributed by atoms with Gasteiger partial charge in [-0.25, -0.2) is 0 Å². The van der Waals surface area contributed by atoms with Crippen LogP contribution in [0.4, 0.5) is 17.1 Å². The summed E-state index contributed by atoms with van der Waals surface area (Å²) >= 11 is 3.32. The van der Waals surface area contributed by atoms with E-state index in [0.29, 0.717) is 22.5 Å². The van der Waals surface area contributed by atoms with Crippen molar-refractivity contribution < 1.29 is 0 Å². The lowest BCUT2D eigenvalue weighted by Crippen LogP contribution is -1.96. The molecule has 0 heterocycles. The summed E-state index contributed by atoms with van der Waals surface area (Å²) in [7, 11) is 0. The molecular weight excluding hydrogens is 304 g/mol. The Morgan fingerprint density at radius 3 is 2.37 bits per heavy atom. The first-order valence-electron chi connectivity index (χ1n) is 5.40. The van der Waals surface area contributed by atoms with Gasteiger partial charge in [0, 0.05) is 10.2 Å². The molecular formula is C14H9BrN4. The van der Waals surface area contributed by atoms with Crippen molar-refractivity contribution in [2.45, 2.75) is 0 Å². The number of rotatable bonds is 2. The Morgan fingerprint density at radius 2 is 1.74 bits per heavy atom. The van der Waals surface area contributed by atoms with Gasteiger partial charge in [0.05, 0.1) is 22.5 Å². The summed E-state index contributed by atoms with van der Waals surface area (Å²) in [5.74, 6) is 0. The average Bonchev–Trinajstić information content (AvgIpc) is 2.41. The molecule has 2 aromatic carbocycles. The van der Waals surface area contributed by atoms with Gasteiger partial charge in [-0.3, -0.25) is 0 Å². The van der Waals surface area contributed by atoms with E-state index in [2.05, 4.69) is 27.3 Å². The number of benzene rings is 2. The Bertz CT molecular complexity index is 710. The Kier molecular flexibility index (Phi) is 3.70. The molecule has 0 unspecified atom stereocenters. The van der Waals surface area contributed by atoms with Crippen molar-refractivity contribution in [3.8, 4) is 12.1 Å². The summed E-state index contributed by atoms with van der Waals surface area (Å²) in [6.07, 6.45) is 0. The second-order valence-electron chi connectivity index (χ2n) is 3.84. The zero-order valence-corrected chi connectivity index (χ0v) is 11.4. The fourth-order valence-electron chi connectivity index (χ4n) is 1.62. The van der Waals surface area contributed by atoms with Crippen LogP contribution in [0, 0.1) is 22.7 Å². The zero-order chi connectivity index (χ0) is 13.8. The SMILES string of the molecule is N#Cc1ccc(Nc2ccc(Br)cc2C#N)cc1N. The maximum atomic E-state index is 9.08. The molecule has 19 heavy (non-hydrogen) atoms. The number of anilines is 3. The van der Waals surface area contributed by atoms with Crippen molar-refractivity contribution in [2.75, 3.05) is 11.1 Å². The maximum Gasteiger partial charge on any atom is 0.101 e. The van der Waals surface area contributed by atoms with Crippen LogP contribution < -0.4 is 11.1 Å². The Hall–Kier alpha value is -2.50. The number of hydrogen-bond donors (Lipinski definition) is 2. The highest BCUT2D eigenvalue weighted by molar-refractivity contribution is 9.10. The van der Waals surface area contributed by atoms with E-state index in [1.54, 1.807) is 30.3 Å². The number of nitrogens with one attached hydrogen (secondary N) is 1. The van der Waals surface area contributed by atoms with Gasteiger partial charge in [0.25, 0.3) is 0 Å². The first-order valence-corrected chi connectivity index (χ1v) is 6.19. The van der Waals surface area contributed by atoms with Crippen molar-refractivity contribution in [3.63, 3.8) is 0 Å². The quantitative estimate of drug-likeness (QED) is 0.831. The third-order valence-corrected chi connectivity index (χ3v) is 3.05. The number of nitrogen functional groups attached to an aromatic ring is 1. The summed E-state index contributed by atoms with van der Waals surface area (Å²) in [4.78, 5) is 0. The second-order valence-corrected chi connectivity index (χ2v) is 4.76. The molecule has 0 atom stereocenters. The molecule has 0 aromatic heterocycles. The number of nitriles is 2. The van der Waals surface area contributed by atoms with E-state index in [0.717, 1.165) is 10.2 Å². The van der Waals surface area contributed by atoms with E-state index in [1.807, 2.05) is 12.1 Å². The van der Waals surface area contributed by atoms with Crippen LogP contribution in [0.2, 0.25) is 0 Å². The van der Waals surface area contributed by atoms with E-state index in [4.69, 9.17) is 16.3 Å². The molecule has 92 valence electrons. The first kappa shape index (κ1) is 12.9. The van der Waals surface area contributed by atoms with Crippen molar-refractivity contribution in [1.29, 1.82) is 10.5 Å². The summed E-state index contributed by atoms with van der Waals surface area (Å²) < 4.78 is 0.842. The highest BCUT2D eigenvalue weighted by Crippen LogP contribution is 2.25. The highest BCUT2D eigenvalue weighted by Gasteiger charge is 2.05. The molecule has 0 radical (unpaired) electrons. The van der Waals surface area contributed by atoms with E-state index in [-0.39, 0.29) is 0 Å². The fraction of sp³-hybridized carbons (Fsp3) is 0. The Labute approximate surface area is 119 Å². The lowest BCUT2D eigenvalue weighted by molar-refractivity contribution is 1.44. The topological polar surface area (TPSA) is 85.6 Å². The first-order chi connectivity index (χ1) is 9.13. The minimum Gasteiger partial charge on any atom is -0.398 e. The molecule has 0 amide bonds. The zero-order valence-electron chi connectivity index (χ0n) is 9.81. The molecule has 3 N–H and O–H groups in total. The molecule has 2 aromatic rings. The van der Waals surface area contributed by atoms with Gasteiger partial charge in [0.15, 0.2) is 0 Å². The van der Waals surface area contributed by atoms with Gasteiger partial charge in [0.1, 0.15) is 12.1 Å². The Morgan fingerprint density at radius 1 is 1.00 bits per heavy atom. The molecule has 5 heteroatoms. The molecule has 0 aliphatic rings. The molecule has 0 saturated carbocycles. The monoisotopic (exact) mass is 312 g/mol. The third-order valence-electron chi connectivity index (χ3n) is 2.55. The van der Waals surface area contributed by atoms with Crippen LogP contribution in [-0.2, 0) is 0 Å². The predicted octanol–water partition coefficient (Wildman–Crippen LogP) is 3.52. The highest BCUT2D eigenvalue weighted by atomic mass is 79.9. The summed E-state index contributed by atoms with van der Waals surface area (Å²) in [6.45, 7) is 0. The maximum absolute atomic E-state index is 9.08. The smallest absolute Gasteiger partial charge is 0.101 e. The standard InChI is InChI=1S/C14H9BrN4/c15-11-2-4-14(10(5-11)8-17)19-12-3-1-9(7-16)13(18)6-12/h1-6,19H,18H2.